The fourth-order valence-corrected chi connectivity index (χ4v) is 2.37. The topological polar surface area (TPSA) is 34.4 Å². The van der Waals surface area contributed by atoms with Crippen LogP contribution in [0.3, 0.4) is 0 Å². The highest BCUT2D eigenvalue weighted by Crippen LogP contribution is 2.33. The second-order valence-electron chi connectivity index (χ2n) is 4.60. The smallest absolute Gasteiger partial charge is 0.176 e. The van der Waals surface area contributed by atoms with E-state index in [1.54, 1.807) is 0 Å². The zero-order chi connectivity index (χ0) is 13.7. The van der Waals surface area contributed by atoms with Gasteiger partial charge in [0, 0.05) is 10.9 Å². The van der Waals surface area contributed by atoms with E-state index >= 15 is 0 Å². The van der Waals surface area contributed by atoms with E-state index in [1.165, 1.54) is 10.9 Å². The number of hydrogen-bond acceptors (Lipinski definition) is 3. The maximum atomic E-state index is 6.05. The maximum Gasteiger partial charge on any atom is 0.176 e. The molecule has 19 heavy (non-hydrogen) atoms. The summed E-state index contributed by atoms with van der Waals surface area (Å²) >= 11 is 0. The van der Waals surface area contributed by atoms with Crippen molar-refractivity contribution in [1.29, 1.82) is 0 Å². The molecule has 0 fully saturated rings. The van der Waals surface area contributed by atoms with Crippen molar-refractivity contribution >= 4 is 11.0 Å². The predicted molar refractivity (Wildman–Crippen MR) is 78.8 cm³/mol. The Morgan fingerprint density at radius 3 is 2.74 bits per heavy atom. The van der Waals surface area contributed by atoms with Crippen molar-refractivity contribution in [2.24, 2.45) is 0 Å². The zero-order valence-electron chi connectivity index (χ0n) is 12.1. The van der Waals surface area contributed by atoms with Crippen molar-refractivity contribution in [3.05, 3.63) is 29.5 Å². The minimum absolute atomic E-state index is 0.658. The first-order chi connectivity index (χ1) is 9.31. The Kier molecular flexibility index (Phi) is 4.86. The fraction of sp³-hybridized carbons (Fsp3) is 0.500. The maximum absolute atomic E-state index is 6.05. The molecular weight excluding hydrogens is 238 g/mol. The van der Waals surface area contributed by atoms with Crippen LogP contribution in [0.4, 0.5) is 0 Å². The van der Waals surface area contributed by atoms with Gasteiger partial charge in [0.15, 0.2) is 11.3 Å². The first-order valence-corrected chi connectivity index (χ1v) is 7.18. The second-order valence-corrected chi connectivity index (χ2v) is 4.60. The van der Waals surface area contributed by atoms with Gasteiger partial charge in [-0.15, -0.1) is 0 Å². The van der Waals surface area contributed by atoms with Gasteiger partial charge in [-0.2, -0.15) is 0 Å². The molecule has 0 aliphatic carbocycles. The van der Waals surface area contributed by atoms with Crippen LogP contribution in [0.2, 0.25) is 0 Å². The lowest BCUT2D eigenvalue weighted by Gasteiger charge is -2.02. The number of nitrogens with one attached hydrogen (secondary N) is 1. The normalized spacial score (nSPS) is 11.1. The number of rotatable bonds is 7. The summed E-state index contributed by atoms with van der Waals surface area (Å²) in [5, 5.41) is 4.54. The molecule has 0 radical (unpaired) electrons. The lowest BCUT2D eigenvalue weighted by Crippen LogP contribution is -2.12. The molecule has 0 aliphatic rings. The van der Waals surface area contributed by atoms with Gasteiger partial charge in [-0.3, -0.25) is 0 Å². The van der Waals surface area contributed by atoms with Crippen molar-refractivity contribution in [3.63, 3.8) is 0 Å². The van der Waals surface area contributed by atoms with Crippen LogP contribution >= 0.6 is 0 Å². The molecular formula is C16H23NO2. The molecule has 1 aromatic carbocycles. The van der Waals surface area contributed by atoms with Crippen molar-refractivity contribution < 1.29 is 9.15 Å². The number of para-hydroxylation sites is 1. The molecule has 3 heteroatoms. The lowest BCUT2D eigenvalue weighted by molar-refractivity contribution is 0.337. The number of furan rings is 1. The Labute approximate surface area is 114 Å². The van der Waals surface area contributed by atoms with Gasteiger partial charge in [0.05, 0.1) is 13.2 Å². The van der Waals surface area contributed by atoms with Crippen LogP contribution in [0.1, 0.15) is 38.5 Å². The second kappa shape index (κ2) is 6.62. The van der Waals surface area contributed by atoms with E-state index in [-0.39, 0.29) is 0 Å². The first kappa shape index (κ1) is 13.9. The number of hydrogen-bond donors (Lipinski definition) is 1. The average molecular weight is 261 g/mol. The molecule has 0 aliphatic heterocycles. The van der Waals surface area contributed by atoms with Crippen LogP contribution < -0.4 is 10.1 Å². The summed E-state index contributed by atoms with van der Waals surface area (Å²) < 4.78 is 11.7. The SMILES string of the molecule is CCCc1c(CNCC)oc2c(OCC)cccc12. The van der Waals surface area contributed by atoms with Crippen LogP contribution in [-0.4, -0.2) is 13.2 Å². The van der Waals surface area contributed by atoms with Crippen LogP contribution in [-0.2, 0) is 13.0 Å². The van der Waals surface area contributed by atoms with Crippen molar-refractivity contribution in [1.82, 2.24) is 5.32 Å². The van der Waals surface area contributed by atoms with Gasteiger partial charge in [-0.05, 0) is 26.0 Å². The minimum atomic E-state index is 0.658. The Balaban J connectivity index is 2.48. The highest BCUT2D eigenvalue weighted by Gasteiger charge is 2.16. The number of aryl methyl sites for hydroxylation is 1. The standard InChI is InChI=1S/C16H23NO2/c1-4-8-12-13-9-7-10-14(18-6-3)16(13)19-15(12)11-17-5-2/h7,9-10,17H,4-6,8,11H2,1-3H3. The summed E-state index contributed by atoms with van der Waals surface area (Å²) in [6.45, 7) is 8.68. The Hall–Kier alpha value is -1.48. The van der Waals surface area contributed by atoms with Gasteiger partial charge in [0.1, 0.15) is 5.76 Å². The van der Waals surface area contributed by atoms with Gasteiger partial charge >= 0.3 is 0 Å². The van der Waals surface area contributed by atoms with Crippen LogP contribution in [0.5, 0.6) is 5.75 Å². The molecule has 0 spiro atoms. The molecule has 1 aromatic heterocycles. The zero-order valence-corrected chi connectivity index (χ0v) is 12.1. The van der Waals surface area contributed by atoms with Crippen LogP contribution in [0.25, 0.3) is 11.0 Å². The molecule has 1 heterocycles. The number of benzene rings is 1. The largest absolute Gasteiger partial charge is 0.490 e. The molecule has 104 valence electrons. The van der Waals surface area contributed by atoms with E-state index in [1.807, 2.05) is 19.1 Å². The van der Waals surface area contributed by atoms with E-state index < -0.39 is 0 Å². The third-order valence-electron chi connectivity index (χ3n) is 3.20. The van der Waals surface area contributed by atoms with E-state index in [9.17, 15) is 0 Å². The van der Waals surface area contributed by atoms with Crippen LogP contribution in [0.15, 0.2) is 22.6 Å². The molecule has 0 saturated carbocycles. The van der Waals surface area contributed by atoms with Crippen molar-refractivity contribution in [2.45, 2.75) is 40.2 Å². The first-order valence-electron chi connectivity index (χ1n) is 7.18. The Morgan fingerprint density at radius 2 is 2.05 bits per heavy atom. The molecule has 0 bridgehead atoms. The van der Waals surface area contributed by atoms with E-state index in [2.05, 4.69) is 25.2 Å². The highest BCUT2D eigenvalue weighted by molar-refractivity contribution is 5.87. The summed E-state index contributed by atoms with van der Waals surface area (Å²) in [6.07, 6.45) is 2.16. The monoisotopic (exact) mass is 261 g/mol. The molecule has 2 rings (SSSR count). The highest BCUT2D eigenvalue weighted by atomic mass is 16.5. The van der Waals surface area contributed by atoms with E-state index in [0.717, 1.165) is 43.0 Å². The van der Waals surface area contributed by atoms with Crippen molar-refractivity contribution in [3.8, 4) is 5.75 Å². The lowest BCUT2D eigenvalue weighted by atomic mass is 10.1. The molecule has 0 amide bonds. The fourth-order valence-electron chi connectivity index (χ4n) is 2.37. The number of fused-ring (bicyclic) bond motifs is 1. The molecule has 0 saturated heterocycles. The third-order valence-corrected chi connectivity index (χ3v) is 3.20. The summed E-state index contributed by atoms with van der Waals surface area (Å²) in [7, 11) is 0. The minimum Gasteiger partial charge on any atom is -0.490 e. The third kappa shape index (κ3) is 2.92. The van der Waals surface area contributed by atoms with Gasteiger partial charge in [-0.1, -0.05) is 32.4 Å². The Morgan fingerprint density at radius 1 is 1.21 bits per heavy atom. The van der Waals surface area contributed by atoms with Gasteiger partial charge < -0.3 is 14.5 Å². The quantitative estimate of drug-likeness (QED) is 0.821. The Bertz CT molecular complexity index is 531. The van der Waals surface area contributed by atoms with Gasteiger partial charge in [0.2, 0.25) is 0 Å². The molecule has 0 unspecified atom stereocenters. The number of ether oxygens (including phenoxy) is 1. The summed E-state index contributed by atoms with van der Waals surface area (Å²) in [5.74, 6) is 1.89. The summed E-state index contributed by atoms with van der Waals surface area (Å²) in [4.78, 5) is 0. The van der Waals surface area contributed by atoms with Crippen molar-refractivity contribution in [2.75, 3.05) is 13.2 Å². The van der Waals surface area contributed by atoms with Gasteiger partial charge in [-0.25, -0.2) is 0 Å². The average Bonchev–Trinajstić information content (AvgIpc) is 2.77. The predicted octanol–water partition coefficient (Wildman–Crippen LogP) is 3.89. The molecule has 3 nitrogen and oxygen atoms in total. The van der Waals surface area contributed by atoms with E-state index in [4.69, 9.17) is 9.15 Å². The molecule has 2 aromatic rings. The van der Waals surface area contributed by atoms with Gasteiger partial charge in [0.25, 0.3) is 0 Å². The van der Waals surface area contributed by atoms with E-state index in [0.29, 0.717) is 6.61 Å². The molecule has 0 atom stereocenters. The summed E-state index contributed by atoms with van der Waals surface area (Å²) in [5.41, 5.74) is 2.21. The van der Waals surface area contributed by atoms with Crippen LogP contribution in [0, 0.1) is 0 Å². The summed E-state index contributed by atoms with van der Waals surface area (Å²) in [6, 6.07) is 6.14. The molecule has 1 N–H and O–H groups in total.